The minimum atomic E-state index is -0.218. The molecule has 2 amide bonds. The van der Waals surface area contributed by atoms with Gasteiger partial charge in [-0.1, -0.05) is 5.92 Å². The van der Waals surface area contributed by atoms with Crippen LogP contribution >= 0.6 is 11.3 Å². The van der Waals surface area contributed by atoms with E-state index >= 15 is 0 Å². The van der Waals surface area contributed by atoms with Crippen LogP contribution in [0.3, 0.4) is 0 Å². The van der Waals surface area contributed by atoms with Crippen LogP contribution in [0.4, 0.5) is 11.6 Å². The lowest BCUT2D eigenvalue weighted by molar-refractivity contribution is -0.118. The van der Waals surface area contributed by atoms with Gasteiger partial charge in [0, 0.05) is 49.6 Å². The quantitative estimate of drug-likeness (QED) is 0.312. The van der Waals surface area contributed by atoms with Crippen LogP contribution in [-0.2, 0) is 4.79 Å². The third-order valence-corrected chi connectivity index (χ3v) is 5.72. The molecule has 0 aliphatic heterocycles. The van der Waals surface area contributed by atoms with Gasteiger partial charge in [-0.15, -0.1) is 17.8 Å². The molecule has 0 saturated heterocycles. The Labute approximate surface area is 189 Å². The molecule has 3 aromatic rings. The molecular weight excluding hydrogens is 414 g/mol. The zero-order valence-corrected chi connectivity index (χ0v) is 17.7. The maximum atomic E-state index is 12.3. The number of anilines is 2. The van der Waals surface area contributed by atoms with Gasteiger partial charge in [-0.3, -0.25) is 14.7 Å². The summed E-state index contributed by atoms with van der Waals surface area (Å²) in [6, 6.07) is 5.48. The predicted octanol–water partition coefficient (Wildman–Crippen LogP) is 3.38. The van der Waals surface area contributed by atoms with Crippen LogP contribution in [0.15, 0.2) is 24.4 Å². The normalized spacial score (nSPS) is 12.8. The number of thiophene rings is 1. The maximum absolute atomic E-state index is 12.3. The molecule has 3 aromatic heterocycles. The van der Waals surface area contributed by atoms with Crippen molar-refractivity contribution in [3.05, 3.63) is 40.5 Å². The number of carbonyl (C=O) groups excluding carboxylic acids is 2. The second-order valence-electron chi connectivity index (χ2n) is 7.11. The van der Waals surface area contributed by atoms with E-state index in [4.69, 9.17) is 6.42 Å². The highest BCUT2D eigenvalue weighted by atomic mass is 32.1. The van der Waals surface area contributed by atoms with Crippen molar-refractivity contribution in [1.82, 2.24) is 30.8 Å². The Morgan fingerprint density at radius 1 is 1.32 bits per heavy atom. The smallest absolute Gasteiger partial charge is 0.261 e. The summed E-state index contributed by atoms with van der Waals surface area (Å²) < 4.78 is 0. The van der Waals surface area contributed by atoms with Crippen LogP contribution in [0.25, 0.3) is 10.7 Å². The highest BCUT2D eigenvalue weighted by Crippen LogP contribution is 2.39. The SMILES string of the molecule is C#Cc1cnc(-c2ccc(C(=O)NCCNC(C)=O)s2)nc1Nc1cc(C2CC2)[nH]n1.[HH].[HH].[HH].[HH]. The first kappa shape index (κ1) is 20.6. The number of aromatic nitrogens is 4. The first-order valence-corrected chi connectivity index (χ1v) is 10.6. The van der Waals surface area contributed by atoms with Crippen molar-refractivity contribution in [2.75, 3.05) is 18.4 Å². The number of aromatic amines is 1. The summed E-state index contributed by atoms with van der Waals surface area (Å²) in [5, 5.41) is 15.9. The topological polar surface area (TPSA) is 125 Å². The summed E-state index contributed by atoms with van der Waals surface area (Å²) in [5.41, 5.74) is 1.62. The van der Waals surface area contributed by atoms with Crippen LogP contribution in [-0.4, -0.2) is 45.1 Å². The highest BCUT2D eigenvalue weighted by molar-refractivity contribution is 7.17. The third kappa shape index (κ3) is 5.07. The Kier molecular flexibility index (Phi) is 5.95. The number of carbonyl (C=O) groups is 2. The molecule has 3 heterocycles. The monoisotopic (exact) mass is 443 g/mol. The van der Waals surface area contributed by atoms with Gasteiger partial charge in [-0.05, 0) is 25.0 Å². The summed E-state index contributed by atoms with van der Waals surface area (Å²) in [6.45, 7) is 2.15. The lowest BCUT2D eigenvalue weighted by Crippen LogP contribution is -2.33. The van der Waals surface area contributed by atoms with E-state index in [-0.39, 0.29) is 17.5 Å². The van der Waals surface area contributed by atoms with Crippen molar-refractivity contribution in [2.24, 2.45) is 0 Å². The van der Waals surface area contributed by atoms with Crippen molar-refractivity contribution < 1.29 is 15.3 Å². The minimum absolute atomic E-state index is 0. The van der Waals surface area contributed by atoms with Gasteiger partial charge in [-0.25, -0.2) is 9.97 Å². The zero-order chi connectivity index (χ0) is 21.8. The molecule has 10 heteroatoms. The predicted molar refractivity (Wildman–Crippen MR) is 127 cm³/mol. The number of rotatable bonds is 8. The minimum Gasteiger partial charge on any atom is -0.355 e. The molecular formula is C21H29N7O2S. The third-order valence-electron chi connectivity index (χ3n) is 4.64. The van der Waals surface area contributed by atoms with E-state index in [2.05, 4.69) is 42.0 Å². The summed E-state index contributed by atoms with van der Waals surface area (Å²) in [6.07, 6.45) is 9.53. The van der Waals surface area contributed by atoms with Gasteiger partial charge in [0.2, 0.25) is 5.91 Å². The molecule has 0 spiro atoms. The molecule has 0 radical (unpaired) electrons. The van der Waals surface area contributed by atoms with Gasteiger partial charge in [-0.2, -0.15) is 5.10 Å². The van der Waals surface area contributed by atoms with Crippen molar-refractivity contribution in [1.29, 1.82) is 0 Å². The highest BCUT2D eigenvalue weighted by Gasteiger charge is 2.25. The molecule has 1 saturated carbocycles. The van der Waals surface area contributed by atoms with Crippen molar-refractivity contribution in [3.8, 4) is 23.0 Å². The Morgan fingerprint density at radius 3 is 2.87 bits per heavy atom. The number of terminal acetylenes is 1. The van der Waals surface area contributed by atoms with Crippen molar-refractivity contribution in [3.63, 3.8) is 0 Å². The Bertz CT molecular complexity index is 1170. The number of hydrogen-bond donors (Lipinski definition) is 4. The van der Waals surface area contributed by atoms with Gasteiger partial charge in [0.15, 0.2) is 17.5 Å². The largest absolute Gasteiger partial charge is 0.355 e. The summed E-state index contributed by atoms with van der Waals surface area (Å²) >= 11 is 1.28. The molecule has 0 aromatic carbocycles. The molecule has 1 aliphatic rings. The second-order valence-corrected chi connectivity index (χ2v) is 8.19. The van der Waals surface area contributed by atoms with E-state index in [9.17, 15) is 9.59 Å². The molecule has 0 unspecified atom stereocenters. The molecule has 166 valence electrons. The fourth-order valence-electron chi connectivity index (χ4n) is 2.91. The molecule has 0 atom stereocenters. The average molecular weight is 444 g/mol. The fourth-order valence-corrected chi connectivity index (χ4v) is 3.77. The molecule has 31 heavy (non-hydrogen) atoms. The number of H-pyrrole nitrogens is 1. The first-order chi connectivity index (χ1) is 15.0. The first-order valence-electron chi connectivity index (χ1n) is 9.82. The van der Waals surface area contributed by atoms with Gasteiger partial charge in [0.1, 0.15) is 0 Å². The standard InChI is InChI=1S/C21H21N7O2S.4H2/c1-3-13-11-24-20(26-19(13)25-18-10-15(27-28-18)14-4-5-14)16-6-7-17(31-16)21(30)23-9-8-22-12(2)29;;;;/h1,6-7,10-11,14H,4-5,8-9H2,2H3,(H,22,29)(H,23,30)(H2,24,25,26,27,28);4*1H. The number of nitrogens with zero attached hydrogens (tertiary/aromatic N) is 3. The van der Waals surface area contributed by atoms with E-state index in [1.165, 1.54) is 31.1 Å². The summed E-state index contributed by atoms with van der Waals surface area (Å²) in [4.78, 5) is 33.3. The second kappa shape index (κ2) is 8.97. The van der Waals surface area contributed by atoms with Crippen LogP contribution in [0.1, 0.15) is 52.3 Å². The number of hydrogen-bond acceptors (Lipinski definition) is 7. The van der Waals surface area contributed by atoms with E-state index in [0.717, 1.165) is 10.6 Å². The number of nitrogens with one attached hydrogen (secondary N) is 4. The van der Waals surface area contributed by atoms with Crippen molar-refractivity contribution >= 4 is 34.8 Å². The van der Waals surface area contributed by atoms with E-state index in [1.807, 2.05) is 6.07 Å². The van der Waals surface area contributed by atoms with E-state index < -0.39 is 0 Å². The molecule has 4 N–H and O–H groups in total. The summed E-state index contributed by atoms with van der Waals surface area (Å²) in [7, 11) is 0. The van der Waals surface area contributed by atoms with E-state index in [1.54, 1.807) is 18.3 Å². The molecule has 9 nitrogen and oxygen atoms in total. The molecule has 1 fully saturated rings. The maximum Gasteiger partial charge on any atom is 0.261 e. The lowest BCUT2D eigenvalue weighted by Gasteiger charge is -2.06. The lowest BCUT2D eigenvalue weighted by atomic mass is 10.3. The van der Waals surface area contributed by atoms with Gasteiger partial charge in [0.05, 0.1) is 15.3 Å². The van der Waals surface area contributed by atoms with Gasteiger partial charge in [0.25, 0.3) is 5.91 Å². The number of amides is 2. The van der Waals surface area contributed by atoms with Crippen LogP contribution in [0.2, 0.25) is 0 Å². The Morgan fingerprint density at radius 2 is 2.13 bits per heavy atom. The molecule has 1 aliphatic carbocycles. The Balaban J connectivity index is 0.00000289. The molecule has 0 bridgehead atoms. The van der Waals surface area contributed by atoms with Crippen LogP contribution < -0.4 is 16.0 Å². The van der Waals surface area contributed by atoms with E-state index in [0.29, 0.717) is 46.9 Å². The van der Waals surface area contributed by atoms with Crippen LogP contribution in [0, 0.1) is 12.3 Å². The summed E-state index contributed by atoms with van der Waals surface area (Å²) in [5.74, 6) is 4.38. The average Bonchev–Trinajstić information content (AvgIpc) is 3.30. The zero-order valence-electron chi connectivity index (χ0n) is 16.9. The fraction of sp³-hybridized carbons (Fsp3) is 0.286. The molecule has 4 rings (SSSR count). The Hall–Kier alpha value is -3.71. The van der Waals surface area contributed by atoms with Gasteiger partial charge >= 0.3 is 0 Å². The van der Waals surface area contributed by atoms with Crippen molar-refractivity contribution in [2.45, 2.75) is 25.7 Å². The van der Waals surface area contributed by atoms with Crippen LogP contribution in [0.5, 0.6) is 0 Å². The van der Waals surface area contributed by atoms with Gasteiger partial charge < -0.3 is 16.0 Å².